The Morgan fingerprint density at radius 2 is 2.11 bits per heavy atom. The van der Waals surface area contributed by atoms with Gasteiger partial charge in [-0.2, -0.15) is 0 Å². The molecule has 0 bridgehead atoms. The van der Waals surface area contributed by atoms with Gasteiger partial charge in [-0.1, -0.05) is 12.1 Å². The van der Waals surface area contributed by atoms with Crippen LogP contribution in [0.25, 0.3) is 0 Å². The van der Waals surface area contributed by atoms with Gasteiger partial charge in [-0.05, 0) is 13.8 Å². The van der Waals surface area contributed by atoms with E-state index in [2.05, 4.69) is 5.16 Å². The SMILES string of the molecule is Cc1noc(C)c1CC(=O)N1CC(C(C)C(=O)O)C1. The van der Waals surface area contributed by atoms with Crippen molar-refractivity contribution in [3.05, 3.63) is 17.0 Å². The van der Waals surface area contributed by atoms with E-state index in [0.29, 0.717) is 18.8 Å². The fraction of sp³-hybridized carbons (Fsp3) is 0.615. The average molecular weight is 266 g/mol. The zero-order valence-corrected chi connectivity index (χ0v) is 11.3. The van der Waals surface area contributed by atoms with Crippen molar-refractivity contribution in [1.82, 2.24) is 10.1 Å². The number of aliphatic carboxylic acids is 1. The second kappa shape index (κ2) is 5.03. The Kier molecular flexibility index (Phi) is 3.59. The first kappa shape index (κ1) is 13.6. The van der Waals surface area contributed by atoms with Gasteiger partial charge in [0.25, 0.3) is 0 Å². The summed E-state index contributed by atoms with van der Waals surface area (Å²) in [5.74, 6) is -0.470. The Morgan fingerprint density at radius 3 is 2.58 bits per heavy atom. The van der Waals surface area contributed by atoms with Gasteiger partial charge < -0.3 is 14.5 Å². The van der Waals surface area contributed by atoms with Crippen LogP contribution in [-0.2, 0) is 16.0 Å². The first-order chi connectivity index (χ1) is 8.90. The normalized spacial score (nSPS) is 17.1. The lowest BCUT2D eigenvalue weighted by atomic mass is 9.86. The molecule has 0 saturated carbocycles. The van der Waals surface area contributed by atoms with Crippen LogP contribution in [0.4, 0.5) is 0 Å². The van der Waals surface area contributed by atoms with Crippen LogP contribution in [0.1, 0.15) is 23.9 Å². The highest BCUT2D eigenvalue weighted by Gasteiger charge is 2.37. The predicted molar refractivity (Wildman–Crippen MR) is 66.6 cm³/mol. The van der Waals surface area contributed by atoms with Crippen LogP contribution in [0.15, 0.2) is 4.52 Å². The molecule has 1 amide bonds. The number of amides is 1. The third-order valence-corrected chi connectivity index (χ3v) is 3.87. The van der Waals surface area contributed by atoms with Crippen molar-refractivity contribution >= 4 is 11.9 Å². The number of hydrogen-bond donors (Lipinski definition) is 1. The highest BCUT2D eigenvalue weighted by Crippen LogP contribution is 2.25. The van der Waals surface area contributed by atoms with E-state index in [-0.39, 0.29) is 18.2 Å². The summed E-state index contributed by atoms with van der Waals surface area (Å²) in [5.41, 5.74) is 1.57. The van der Waals surface area contributed by atoms with E-state index >= 15 is 0 Å². The van der Waals surface area contributed by atoms with E-state index in [0.717, 1.165) is 11.3 Å². The summed E-state index contributed by atoms with van der Waals surface area (Å²) in [6.45, 7) is 6.33. The molecule has 0 spiro atoms. The topological polar surface area (TPSA) is 83.6 Å². The van der Waals surface area contributed by atoms with Gasteiger partial charge in [0.05, 0.1) is 18.0 Å². The van der Waals surface area contributed by atoms with Crippen LogP contribution in [0.2, 0.25) is 0 Å². The number of carbonyl (C=O) groups excluding carboxylic acids is 1. The molecule has 1 atom stereocenters. The maximum absolute atomic E-state index is 12.0. The lowest BCUT2D eigenvalue weighted by molar-refractivity contribution is -0.150. The smallest absolute Gasteiger partial charge is 0.306 e. The minimum Gasteiger partial charge on any atom is -0.481 e. The molecule has 1 aromatic rings. The summed E-state index contributed by atoms with van der Waals surface area (Å²) in [7, 11) is 0. The minimum absolute atomic E-state index is 0.00300. The summed E-state index contributed by atoms with van der Waals surface area (Å²) in [4.78, 5) is 24.6. The Morgan fingerprint density at radius 1 is 1.47 bits per heavy atom. The molecule has 0 radical (unpaired) electrons. The lowest BCUT2D eigenvalue weighted by Gasteiger charge is -2.41. The number of carbonyl (C=O) groups is 2. The number of hydrogen-bond acceptors (Lipinski definition) is 4. The van der Waals surface area contributed by atoms with Gasteiger partial charge in [0.1, 0.15) is 5.76 Å². The highest BCUT2D eigenvalue weighted by molar-refractivity contribution is 5.80. The monoisotopic (exact) mass is 266 g/mol. The van der Waals surface area contributed by atoms with E-state index in [1.54, 1.807) is 18.7 Å². The van der Waals surface area contributed by atoms with Gasteiger partial charge in [0.15, 0.2) is 0 Å². The average Bonchev–Trinajstić information content (AvgIpc) is 2.58. The number of carboxylic acid groups (broad SMARTS) is 1. The summed E-state index contributed by atoms with van der Waals surface area (Å²) in [6, 6.07) is 0. The van der Waals surface area contributed by atoms with Gasteiger partial charge in [0, 0.05) is 24.6 Å². The molecule has 0 aromatic carbocycles. The van der Waals surface area contributed by atoms with Gasteiger partial charge in [-0.25, -0.2) is 0 Å². The van der Waals surface area contributed by atoms with E-state index in [4.69, 9.17) is 9.63 Å². The molecule has 6 nitrogen and oxygen atoms in total. The van der Waals surface area contributed by atoms with E-state index < -0.39 is 11.9 Å². The molecule has 1 unspecified atom stereocenters. The number of nitrogens with zero attached hydrogens (tertiary/aromatic N) is 2. The number of carboxylic acids is 1. The van der Waals surface area contributed by atoms with Crippen molar-refractivity contribution in [2.24, 2.45) is 11.8 Å². The predicted octanol–water partition coefficient (Wildman–Crippen LogP) is 1.01. The second-order valence-corrected chi connectivity index (χ2v) is 5.17. The molecule has 1 aliphatic rings. The van der Waals surface area contributed by atoms with Crippen LogP contribution < -0.4 is 0 Å². The number of aromatic nitrogens is 1. The van der Waals surface area contributed by atoms with Crippen molar-refractivity contribution in [1.29, 1.82) is 0 Å². The first-order valence-corrected chi connectivity index (χ1v) is 6.32. The Bertz CT molecular complexity index is 483. The third kappa shape index (κ3) is 2.62. The molecule has 19 heavy (non-hydrogen) atoms. The molecule has 2 heterocycles. The molecule has 6 heteroatoms. The minimum atomic E-state index is -0.803. The third-order valence-electron chi connectivity index (χ3n) is 3.87. The van der Waals surface area contributed by atoms with Crippen molar-refractivity contribution in [2.75, 3.05) is 13.1 Å². The van der Waals surface area contributed by atoms with Crippen LogP contribution >= 0.6 is 0 Å². The second-order valence-electron chi connectivity index (χ2n) is 5.17. The van der Waals surface area contributed by atoms with E-state index in [1.165, 1.54) is 0 Å². The summed E-state index contributed by atoms with van der Waals surface area (Å²) in [5, 5.41) is 12.7. The molecular formula is C13H18N2O4. The van der Waals surface area contributed by atoms with Crippen LogP contribution in [0.5, 0.6) is 0 Å². The Hall–Kier alpha value is -1.85. The Balaban J connectivity index is 1.89. The largest absolute Gasteiger partial charge is 0.481 e. The van der Waals surface area contributed by atoms with Gasteiger partial charge in [-0.15, -0.1) is 0 Å². The zero-order chi connectivity index (χ0) is 14.2. The molecule has 1 fully saturated rings. The molecule has 0 aliphatic carbocycles. The van der Waals surface area contributed by atoms with Crippen molar-refractivity contribution in [2.45, 2.75) is 27.2 Å². The molecule has 1 N–H and O–H groups in total. The number of rotatable bonds is 4. The molecule has 1 aromatic heterocycles. The van der Waals surface area contributed by atoms with E-state index in [9.17, 15) is 9.59 Å². The molecule has 1 aliphatic heterocycles. The standard InChI is InChI=1S/C13H18N2O4/c1-7(13(17)18)10-5-15(6-10)12(16)4-11-8(2)14-19-9(11)3/h7,10H,4-6H2,1-3H3,(H,17,18). The number of aryl methyl sites for hydroxylation is 2. The van der Waals surface area contributed by atoms with Crippen LogP contribution in [0, 0.1) is 25.7 Å². The molecule has 2 rings (SSSR count). The van der Waals surface area contributed by atoms with Crippen molar-refractivity contribution in [3.8, 4) is 0 Å². The van der Waals surface area contributed by atoms with Gasteiger partial charge in [-0.3, -0.25) is 9.59 Å². The maximum atomic E-state index is 12.0. The molecule has 104 valence electrons. The fourth-order valence-corrected chi connectivity index (χ4v) is 2.25. The van der Waals surface area contributed by atoms with Crippen molar-refractivity contribution in [3.63, 3.8) is 0 Å². The maximum Gasteiger partial charge on any atom is 0.306 e. The molecular weight excluding hydrogens is 248 g/mol. The quantitative estimate of drug-likeness (QED) is 0.879. The Labute approximate surface area is 111 Å². The summed E-state index contributed by atoms with van der Waals surface area (Å²) >= 11 is 0. The van der Waals surface area contributed by atoms with Gasteiger partial charge in [0.2, 0.25) is 5.91 Å². The van der Waals surface area contributed by atoms with E-state index in [1.807, 2.05) is 6.92 Å². The highest BCUT2D eigenvalue weighted by atomic mass is 16.5. The van der Waals surface area contributed by atoms with Gasteiger partial charge >= 0.3 is 5.97 Å². The van der Waals surface area contributed by atoms with Crippen LogP contribution in [-0.4, -0.2) is 40.1 Å². The number of likely N-dealkylation sites (tertiary alicyclic amines) is 1. The molecule has 1 saturated heterocycles. The summed E-state index contributed by atoms with van der Waals surface area (Å²) in [6.07, 6.45) is 0.273. The lowest BCUT2D eigenvalue weighted by Crippen LogP contribution is -2.54. The fourth-order valence-electron chi connectivity index (χ4n) is 2.25. The first-order valence-electron chi connectivity index (χ1n) is 6.32. The summed E-state index contributed by atoms with van der Waals surface area (Å²) < 4.78 is 5.02. The zero-order valence-electron chi connectivity index (χ0n) is 11.3. The van der Waals surface area contributed by atoms with Crippen molar-refractivity contribution < 1.29 is 19.2 Å². The van der Waals surface area contributed by atoms with Crippen LogP contribution in [0.3, 0.4) is 0 Å².